The van der Waals surface area contributed by atoms with Crippen molar-refractivity contribution >= 4 is 17.0 Å². The van der Waals surface area contributed by atoms with Gasteiger partial charge < -0.3 is 9.67 Å². The monoisotopic (exact) mass is 256 g/mol. The lowest BCUT2D eigenvalue weighted by molar-refractivity contribution is 0.0697. The second kappa shape index (κ2) is 3.94. The van der Waals surface area contributed by atoms with Crippen LogP contribution >= 0.6 is 0 Å². The molecule has 0 aliphatic heterocycles. The fourth-order valence-electron chi connectivity index (χ4n) is 2.22. The van der Waals surface area contributed by atoms with Gasteiger partial charge >= 0.3 is 5.97 Å². The van der Waals surface area contributed by atoms with E-state index in [1.54, 1.807) is 18.1 Å². The van der Waals surface area contributed by atoms with Crippen LogP contribution in [0.2, 0.25) is 0 Å². The maximum Gasteiger partial charge on any atom is 0.339 e. The van der Waals surface area contributed by atoms with Crippen LogP contribution in [0.1, 0.15) is 10.4 Å². The second-order valence-corrected chi connectivity index (χ2v) is 4.39. The van der Waals surface area contributed by atoms with Gasteiger partial charge in [-0.2, -0.15) is 5.10 Å². The van der Waals surface area contributed by atoms with Gasteiger partial charge in [0.25, 0.3) is 0 Å². The third kappa shape index (κ3) is 1.69. The number of hydrogen-bond acceptors (Lipinski definition) is 3. The van der Waals surface area contributed by atoms with E-state index in [2.05, 4.69) is 10.1 Å². The minimum Gasteiger partial charge on any atom is -0.478 e. The fourth-order valence-corrected chi connectivity index (χ4v) is 2.22. The molecule has 1 N–H and O–H groups in total. The molecule has 0 atom stereocenters. The average molecular weight is 256 g/mol. The molecule has 19 heavy (non-hydrogen) atoms. The van der Waals surface area contributed by atoms with E-state index in [1.165, 1.54) is 6.20 Å². The zero-order chi connectivity index (χ0) is 13.6. The molecule has 0 radical (unpaired) electrons. The molecular weight excluding hydrogens is 244 g/mol. The molecule has 3 aromatic rings. The Balaban J connectivity index is 2.24. The lowest BCUT2D eigenvalue weighted by Crippen LogP contribution is -2.00. The van der Waals surface area contributed by atoms with Crippen LogP contribution < -0.4 is 0 Å². The van der Waals surface area contributed by atoms with Gasteiger partial charge in [0.15, 0.2) is 0 Å². The number of carboxylic acid groups (broad SMARTS) is 1. The maximum atomic E-state index is 11.2. The van der Waals surface area contributed by atoms with Gasteiger partial charge in [0, 0.05) is 19.7 Å². The highest BCUT2D eigenvalue weighted by atomic mass is 16.4. The summed E-state index contributed by atoms with van der Waals surface area (Å²) >= 11 is 0. The van der Waals surface area contributed by atoms with E-state index in [0.29, 0.717) is 5.69 Å². The smallest absolute Gasteiger partial charge is 0.339 e. The molecule has 0 spiro atoms. The quantitative estimate of drug-likeness (QED) is 0.757. The highest BCUT2D eigenvalue weighted by Crippen LogP contribution is 2.26. The third-order valence-electron chi connectivity index (χ3n) is 3.17. The SMILES string of the molecule is Cn1ncc(C(=O)O)c1-c1ccc2c(c1)ncn2C. The molecule has 0 amide bonds. The van der Waals surface area contributed by atoms with Crippen molar-refractivity contribution in [2.45, 2.75) is 0 Å². The number of aromatic nitrogens is 4. The van der Waals surface area contributed by atoms with E-state index >= 15 is 0 Å². The van der Waals surface area contributed by atoms with Gasteiger partial charge in [-0.05, 0) is 12.1 Å². The summed E-state index contributed by atoms with van der Waals surface area (Å²) in [6.45, 7) is 0. The molecule has 0 aliphatic carbocycles. The number of rotatable bonds is 2. The predicted molar refractivity (Wildman–Crippen MR) is 69.9 cm³/mol. The number of benzene rings is 1. The van der Waals surface area contributed by atoms with Gasteiger partial charge in [-0.1, -0.05) is 6.07 Å². The topological polar surface area (TPSA) is 72.9 Å². The van der Waals surface area contributed by atoms with Crippen LogP contribution in [0, 0.1) is 0 Å². The van der Waals surface area contributed by atoms with Crippen molar-refractivity contribution in [1.82, 2.24) is 19.3 Å². The normalized spacial score (nSPS) is 11.1. The number of hydrogen-bond donors (Lipinski definition) is 1. The summed E-state index contributed by atoms with van der Waals surface area (Å²) in [6, 6.07) is 5.68. The summed E-state index contributed by atoms with van der Waals surface area (Å²) in [5.41, 5.74) is 3.40. The summed E-state index contributed by atoms with van der Waals surface area (Å²) in [5.74, 6) is -0.982. The molecule has 0 saturated heterocycles. The van der Waals surface area contributed by atoms with E-state index in [4.69, 9.17) is 0 Å². The molecule has 1 aromatic carbocycles. The van der Waals surface area contributed by atoms with Crippen LogP contribution in [0.5, 0.6) is 0 Å². The van der Waals surface area contributed by atoms with E-state index in [-0.39, 0.29) is 5.56 Å². The molecule has 6 heteroatoms. The minimum atomic E-state index is -0.982. The first-order valence-corrected chi connectivity index (χ1v) is 5.74. The molecule has 0 unspecified atom stereocenters. The first-order chi connectivity index (χ1) is 9.08. The average Bonchev–Trinajstić information content (AvgIpc) is 2.93. The predicted octanol–water partition coefficient (Wildman–Crippen LogP) is 1.67. The largest absolute Gasteiger partial charge is 0.478 e. The van der Waals surface area contributed by atoms with Gasteiger partial charge in [-0.3, -0.25) is 4.68 Å². The Labute approximate surface area is 108 Å². The Morgan fingerprint density at radius 2 is 2.11 bits per heavy atom. The lowest BCUT2D eigenvalue weighted by atomic mass is 10.1. The number of fused-ring (bicyclic) bond motifs is 1. The molecule has 2 aromatic heterocycles. The second-order valence-electron chi connectivity index (χ2n) is 4.39. The maximum absolute atomic E-state index is 11.2. The molecule has 6 nitrogen and oxygen atoms in total. The summed E-state index contributed by atoms with van der Waals surface area (Å²) in [4.78, 5) is 15.5. The number of carbonyl (C=O) groups is 1. The van der Waals surface area contributed by atoms with Crippen molar-refractivity contribution in [1.29, 1.82) is 0 Å². The van der Waals surface area contributed by atoms with Gasteiger partial charge in [-0.15, -0.1) is 0 Å². The van der Waals surface area contributed by atoms with Crippen molar-refractivity contribution < 1.29 is 9.90 Å². The molecule has 0 bridgehead atoms. The van der Waals surface area contributed by atoms with Crippen molar-refractivity contribution in [3.8, 4) is 11.3 Å². The molecular formula is C13H12N4O2. The number of carboxylic acids is 1. The lowest BCUT2D eigenvalue weighted by Gasteiger charge is -2.04. The Hall–Kier alpha value is -2.63. The van der Waals surface area contributed by atoms with Gasteiger partial charge in [-0.25, -0.2) is 9.78 Å². The Kier molecular flexibility index (Phi) is 2.38. The fraction of sp³-hybridized carbons (Fsp3) is 0.154. The first kappa shape index (κ1) is 11.5. The van der Waals surface area contributed by atoms with E-state index < -0.39 is 5.97 Å². The van der Waals surface area contributed by atoms with Gasteiger partial charge in [0.2, 0.25) is 0 Å². The zero-order valence-corrected chi connectivity index (χ0v) is 10.5. The summed E-state index contributed by atoms with van der Waals surface area (Å²) < 4.78 is 3.48. The van der Waals surface area contributed by atoms with E-state index in [9.17, 15) is 9.90 Å². The van der Waals surface area contributed by atoms with Gasteiger partial charge in [0.05, 0.1) is 29.3 Å². The van der Waals surface area contributed by atoms with Crippen LogP contribution in [0.3, 0.4) is 0 Å². The van der Waals surface area contributed by atoms with Crippen LogP contribution in [0.4, 0.5) is 0 Å². The molecule has 0 fully saturated rings. The molecule has 96 valence electrons. The number of aromatic carboxylic acids is 1. The Morgan fingerprint density at radius 1 is 1.32 bits per heavy atom. The number of imidazole rings is 1. The third-order valence-corrected chi connectivity index (χ3v) is 3.17. The summed E-state index contributed by atoms with van der Waals surface area (Å²) in [5, 5.41) is 13.2. The van der Waals surface area contributed by atoms with Gasteiger partial charge in [0.1, 0.15) is 5.56 Å². The van der Waals surface area contributed by atoms with Crippen LogP contribution in [-0.4, -0.2) is 30.4 Å². The zero-order valence-electron chi connectivity index (χ0n) is 10.5. The number of nitrogens with zero attached hydrogens (tertiary/aromatic N) is 4. The Bertz CT molecular complexity index is 785. The minimum absolute atomic E-state index is 0.192. The van der Waals surface area contributed by atoms with Crippen molar-refractivity contribution in [2.75, 3.05) is 0 Å². The van der Waals surface area contributed by atoms with Crippen LogP contribution in [-0.2, 0) is 14.1 Å². The number of aryl methyl sites for hydroxylation is 2. The van der Waals surface area contributed by atoms with Crippen LogP contribution in [0.15, 0.2) is 30.7 Å². The summed E-state index contributed by atoms with van der Waals surface area (Å²) in [7, 11) is 3.64. The Morgan fingerprint density at radius 3 is 2.84 bits per heavy atom. The van der Waals surface area contributed by atoms with Crippen molar-refractivity contribution in [2.24, 2.45) is 14.1 Å². The standard InChI is InChI=1S/C13H12N4O2/c1-16-7-14-10-5-8(3-4-11(10)16)12-9(13(18)19)6-15-17(12)2/h3-7H,1-2H3,(H,18,19). The van der Waals surface area contributed by atoms with E-state index in [1.807, 2.05) is 29.8 Å². The molecule has 2 heterocycles. The van der Waals surface area contributed by atoms with Crippen molar-refractivity contribution in [3.63, 3.8) is 0 Å². The highest BCUT2D eigenvalue weighted by Gasteiger charge is 2.17. The first-order valence-electron chi connectivity index (χ1n) is 5.74. The molecule has 0 aliphatic rings. The van der Waals surface area contributed by atoms with Crippen LogP contribution in [0.25, 0.3) is 22.3 Å². The highest BCUT2D eigenvalue weighted by molar-refractivity contribution is 5.95. The van der Waals surface area contributed by atoms with E-state index in [0.717, 1.165) is 16.6 Å². The molecule has 3 rings (SSSR count). The summed E-state index contributed by atoms with van der Waals surface area (Å²) in [6.07, 6.45) is 3.09. The molecule has 0 saturated carbocycles. The van der Waals surface area contributed by atoms with Crippen molar-refractivity contribution in [3.05, 3.63) is 36.3 Å².